The van der Waals surface area contributed by atoms with E-state index in [0.717, 1.165) is 5.56 Å². The number of aryl methyl sites for hydroxylation is 1. The summed E-state index contributed by atoms with van der Waals surface area (Å²) in [6, 6.07) is 10.0. The number of anilines is 2. The fourth-order valence-electron chi connectivity index (χ4n) is 2.48. The van der Waals surface area contributed by atoms with Gasteiger partial charge >= 0.3 is 0 Å². The molecule has 0 aliphatic carbocycles. The van der Waals surface area contributed by atoms with Crippen LogP contribution in [0.3, 0.4) is 0 Å². The van der Waals surface area contributed by atoms with Gasteiger partial charge in [0.1, 0.15) is 11.6 Å². The number of pyridine rings is 1. The molecule has 0 fully saturated rings. The van der Waals surface area contributed by atoms with Crippen molar-refractivity contribution in [1.29, 1.82) is 0 Å². The van der Waals surface area contributed by atoms with Crippen LogP contribution in [0.5, 0.6) is 5.75 Å². The molecular weight excluding hydrogens is 309 g/mol. The van der Waals surface area contributed by atoms with Crippen molar-refractivity contribution in [3.63, 3.8) is 0 Å². The van der Waals surface area contributed by atoms with E-state index in [2.05, 4.69) is 10.3 Å². The van der Waals surface area contributed by atoms with Gasteiger partial charge in [-0.1, -0.05) is 6.07 Å². The molecule has 6 heteroatoms. The number of amides is 1. The van der Waals surface area contributed by atoms with Gasteiger partial charge < -0.3 is 15.8 Å². The maximum atomic E-state index is 14.2. The second-order valence-electron chi connectivity index (χ2n) is 5.40. The van der Waals surface area contributed by atoms with Crippen molar-refractivity contribution < 1.29 is 13.9 Å². The molecule has 1 aromatic heterocycles. The van der Waals surface area contributed by atoms with Gasteiger partial charge in [0, 0.05) is 17.6 Å². The van der Waals surface area contributed by atoms with Gasteiger partial charge in [0.25, 0.3) is 5.91 Å². The molecule has 0 aliphatic heterocycles. The third-order valence-electron chi connectivity index (χ3n) is 3.73. The molecule has 24 heavy (non-hydrogen) atoms. The molecule has 3 N–H and O–H groups in total. The van der Waals surface area contributed by atoms with Crippen molar-refractivity contribution in [2.45, 2.75) is 6.92 Å². The van der Waals surface area contributed by atoms with Crippen LogP contribution in [0.25, 0.3) is 10.9 Å². The van der Waals surface area contributed by atoms with Gasteiger partial charge in [0.15, 0.2) is 0 Å². The zero-order chi connectivity index (χ0) is 17.3. The van der Waals surface area contributed by atoms with Crippen molar-refractivity contribution in [3.05, 3.63) is 59.5 Å². The van der Waals surface area contributed by atoms with Crippen molar-refractivity contribution in [3.8, 4) is 5.75 Å². The second kappa shape index (κ2) is 6.16. The number of fused-ring (bicyclic) bond motifs is 1. The first-order valence-electron chi connectivity index (χ1n) is 7.29. The first-order valence-corrected chi connectivity index (χ1v) is 7.29. The van der Waals surface area contributed by atoms with Crippen molar-refractivity contribution >= 4 is 28.2 Å². The Labute approximate surface area is 138 Å². The molecule has 122 valence electrons. The number of hydrogen-bond acceptors (Lipinski definition) is 4. The highest BCUT2D eigenvalue weighted by molar-refractivity contribution is 6.07. The maximum absolute atomic E-state index is 14.2. The lowest BCUT2D eigenvalue weighted by molar-refractivity contribution is 0.100. The van der Waals surface area contributed by atoms with Crippen LogP contribution in [0.1, 0.15) is 15.9 Å². The van der Waals surface area contributed by atoms with E-state index >= 15 is 0 Å². The average molecular weight is 325 g/mol. The van der Waals surface area contributed by atoms with Gasteiger partial charge in [-0.05, 0) is 36.8 Å². The van der Waals surface area contributed by atoms with E-state index in [1.165, 1.54) is 12.3 Å². The molecule has 0 radical (unpaired) electrons. The highest BCUT2D eigenvalue weighted by Gasteiger charge is 2.15. The summed E-state index contributed by atoms with van der Waals surface area (Å²) < 4.78 is 19.4. The van der Waals surface area contributed by atoms with Gasteiger partial charge in [-0.2, -0.15) is 0 Å². The summed E-state index contributed by atoms with van der Waals surface area (Å²) in [4.78, 5) is 16.0. The quantitative estimate of drug-likeness (QED) is 0.769. The van der Waals surface area contributed by atoms with E-state index in [1.54, 1.807) is 44.4 Å². The summed E-state index contributed by atoms with van der Waals surface area (Å²) in [5.74, 6) is -0.423. The summed E-state index contributed by atoms with van der Waals surface area (Å²) in [6.45, 7) is 1.80. The van der Waals surface area contributed by atoms with Crippen LogP contribution in [-0.4, -0.2) is 18.0 Å². The molecular formula is C18H16FN3O2. The largest absolute Gasteiger partial charge is 0.497 e. The Balaban J connectivity index is 2.19. The summed E-state index contributed by atoms with van der Waals surface area (Å²) in [6.07, 6.45) is 1.37. The summed E-state index contributed by atoms with van der Waals surface area (Å²) in [7, 11) is 1.56. The van der Waals surface area contributed by atoms with E-state index in [9.17, 15) is 9.18 Å². The molecule has 0 saturated heterocycles. The zero-order valence-electron chi connectivity index (χ0n) is 13.3. The third kappa shape index (κ3) is 2.86. The van der Waals surface area contributed by atoms with Gasteiger partial charge in [0.2, 0.25) is 0 Å². The Kier molecular flexibility index (Phi) is 4.04. The molecule has 0 spiro atoms. The number of hydrogen-bond donors (Lipinski definition) is 2. The SMILES string of the molecule is COc1ccc2c(Nc3ccc(C)cc3F)c(C(N)=O)cnc2c1. The first kappa shape index (κ1) is 15.7. The molecule has 3 rings (SSSR count). The second-order valence-corrected chi connectivity index (χ2v) is 5.40. The average Bonchev–Trinajstić information content (AvgIpc) is 2.56. The molecule has 0 bridgehead atoms. The molecule has 0 atom stereocenters. The van der Waals surface area contributed by atoms with Gasteiger partial charge in [0.05, 0.1) is 29.6 Å². The lowest BCUT2D eigenvalue weighted by Gasteiger charge is -2.14. The van der Waals surface area contributed by atoms with Crippen molar-refractivity contribution in [1.82, 2.24) is 4.98 Å². The van der Waals surface area contributed by atoms with Crippen LogP contribution in [0.4, 0.5) is 15.8 Å². The summed E-state index contributed by atoms with van der Waals surface area (Å²) >= 11 is 0. The smallest absolute Gasteiger partial charge is 0.252 e. The third-order valence-corrected chi connectivity index (χ3v) is 3.73. The lowest BCUT2D eigenvalue weighted by atomic mass is 10.1. The van der Waals surface area contributed by atoms with Crippen molar-refractivity contribution in [2.24, 2.45) is 5.73 Å². The fraction of sp³-hybridized carbons (Fsp3) is 0.111. The molecule has 3 aromatic rings. The number of rotatable bonds is 4. The topological polar surface area (TPSA) is 77.2 Å². The highest BCUT2D eigenvalue weighted by Crippen LogP contribution is 2.32. The Bertz CT molecular complexity index is 941. The van der Waals surface area contributed by atoms with Crippen LogP contribution in [-0.2, 0) is 0 Å². The normalized spacial score (nSPS) is 10.6. The number of benzene rings is 2. The molecule has 0 unspecified atom stereocenters. The predicted octanol–water partition coefficient (Wildman–Crippen LogP) is 3.53. The van der Waals surface area contributed by atoms with Crippen LogP contribution in [0.2, 0.25) is 0 Å². The Morgan fingerprint density at radius 1 is 1.25 bits per heavy atom. The molecule has 0 saturated carbocycles. The zero-order valence-corrected chi connectivity index (χ0v) is 13.3. The first-order chi connectivity index (χ1) is 11.5. The standard InChI is InChI=1S/C18H16FN3O2/c1-10-3-6-15(14(19)7-10)22-17-12-5-4-11(24-2)8-16(12)21-9-13(17)18(20)23/h3-9H,1-2H3,(H2,20,23)(H,21,22). The number of methoxy groups -OCH3 is 1. The maximum Gasteiger partial charge on any atom is 0.252 e. The van der Waals surface area contributed by atoms with Crippen LogP contribution >= 0.6 is 0 Å². The highest BCUT2D eigenvalue weighted by atomic mass is 19.1. The van der Waals surface area contributed by atoms with E-state index in [0.29, 0.717) is 22.3 Å². The van der Waals surface area contributed by atoms with Gasteiger partial charge in [-0.25, -0.2) is 4.39 Å². The molecule has 0 aliphatic rings. The van der Waals surface area contributed by atoms with E-state index in [1.807, 2.05) is 0 Å². The van der Waals surface area contributed by atoms with Gasteiger partial charge in [-0.3, -0.25) is 9.78 Å². The summed E-state index contributed by atoms with van der Waals surface area (Å²) in [5.41, 5.74) is 7.71. The van der Waals surface area contributed by atoms with E-state index in [4.69, 9.17) is 10.5 Å². The fourth-order valence-corrected chi connectivity index (χ4v) is 2.48. The van der Waals surface area contributed by atoms with Crippen LogP contribution < -0.4 is 15.8 Å². The lowest BCUT2D eigenvalue weighted by Crippen LogP contribution is -2.14. The number of nitrogens with one attached hydrogen (secondary N) is 1. The van der Waals surface area contributed by atoms with Crippen molar-refractivity contribution in [2.75, 3.05) is 12.4 Å². The molecule has 2 aromatic carbocycles. The number of nitrogens with two attached hydrogens (primary N) is 1. The number of nitrogens with zero attached hydrogens (tertiary/aromatic N) is 1. The Hall–Kier alpha value is -3.15. The monoisotopic (exact) mass is 325 g/mol. The minimum absolute atomic E-state index is 0.188. The molecule has 1 heterocycles. The minimum Gasteiger partial charge on any atom is -0.497 e. The van der Waals surface area contributed by atoms with Crippen LogP contribution in [0.15, 0.2) is 42.6 Å². The molecule has 5 nitrogen and oxygen atoms in total. The number of carbonyl (C=O) groups excluding carboxylic acids is 1. The molecule has 1 amide bonds. The Morgan fingerprint density at radius 3 is 2.71 bits per heavy atom. The summed E-state index contributed by atoms with van der Waals surface area (Å²) in [5, 5.41) is 3.62. The predicted molar refractivity (Wildman–Crippen MR) is 91.2 cm³/mol. The van der Waals surface area contributed by atoms with E-state index in [-0.39, 0.29) is 11.3 Å². The Morgan fingerprint density at radius 2 is 2.04 bits per heavy atom. The van der Waals surface area contributed by atoms with E-state index < -0.39 is 11.7 Å². The number of aromatic nitrogens is 1. The minimum atomic E-state index is -0.643. The number of ether oxygens (including phenoxy) is 1. The van der Waals surface area contributed by atoms with Gasteiger partial charge in [-0.15, -0.1) is 0 Å². The number of carbonyl (C=O) groups is 1. The number of primary amides is 1. The number of halogens is 1. The van der Waals surface area contributed by atoms with Crippen LogP contribution in [0, 0.1) is 12.7 Å².